The summed E-state index contributed by atoms with van der Waals surface area (Å²) >= 11 is 0. The standard InChI is InChI=1S/C25H22O8/c1-12(10-30-13(2)26)18-8-16-17(32-18)6-5-14-24(27)23-15-7-20(28-3)21(29-4)9-19(15)31-11-22(23)33-25(14)16/h5-7,9,18H,1,8,10-11H2,2-4H3/t18-/m1/s1. The van der Waals surface area contributed by atoms with Gasteiger partial charge in [-0.05, 0) is 18.2 Å². The number of hydrogen-bond donors (Lipinski definition) is 0. The summed E-state index contributed by atoms with van der Waals surface area (Å²) in [5.74, 6) is 2.19. The first kappa shape index (κ1) is 20.9. The van der Waals surface area contributed by atoms with Gasteiger partial charge in [-0.25, -0.2) is 0 Å². The van der Waals surface area contributed by atoms with Crippen molar-refractivity contribution in [2.24, 2.45) is 0 Å². The Morgan fingerprint density at radius 2 is 1.91 bits per heavy atom. The van der Waals surface area contributed by atoms with E-state index in [1.807, 2.05) is 0 Å². The number of fused-ring (bicyclic) bond motifs is 6. The van der Waals surface area contributed by atoms with Gasteiger partial charge >= 0.3 is 5.97 Å². The van der Waals surface area contributed by atoms with Crippen LogP contribution in [0.2, 0.25) is 0 Å². The Kier molecular flexibility index (Phi) is 5.00. The van der Waals surface area contributed by atoms with Crippen molar-refractivity contribution < 1.29 is 32.9 Å². The molecule has 0 radical (unpaired) electrons. The van der Waals surface area contributed by atoms with Crippen LogP contribution in [0.3, 0.4) is 0 Å². The molecule has 0 N–H and O–H groups in total. The molecule has 0 fully saturated rings. The van der Waals surface area contributed by atoms with Crippen LogP contribution in [-0.4, -0.2) is 32.9 Å². The molecule has 3 heterocycles. The van der Waals surface area contributed by atoms with Crippen LogP contribution in [-0.2, 0) is 22.6 Å². The third-order valence-corrected chi connectivity index (χ3v) is 5.88. The molecule has 0 saturated heterocycles. The van der Waals surface area contributed by atoms with Crippen LogP contribution >= 0.6 is 0 Å². The van der Waals surface area contributed by atoms with Crippen molar-refractivity contribution in [1.82, 2.24) is 0 Å². The van der Waals surface area contributed by atoms with Gasteiger partial charge in [0, 0.05) is 36.1 Å². The molecule has 0 unspecified atom stereocenters. The van der Waals surface area contributed by atoms with Crippen LogP contribution in [0.5, 0.6) is 23.0 Å². The van der Waals surface area contributed by atoms with Crippen LogP contribution in [0.25, 0.3) is 22.1 Å². The fourth-order valence-electron chi connectivity index (χ4n) is 4.23. The van der Waals surface area contributed by atoms with Crippen LogP contribution in [0.15, 0.2) is 45.6 Å². The van der Waals surface area contributed by atoms with Crippen molar-refractivity contribution in [2.75, 3.05) is 20.8 Å². The van der Waals surface area contributed by atoms with E-state index in [4.69, 9.17) is 28.1 Å². The monoisotopic (exact) mass is 450 g/mol. The minimum absolute atomic E-state index is 0.0706. The number of carbonyl (C=O) groups is 1. The Morgan fingerprint density at radius 1 is 1.15 bits per heavy atom. The topological polar surface area (TPSA) is 93.4 Å². The molecule has 0 spiro atoms. The lowest BCUT2D eigenvalue weighted by Crippen LogP contribution is -2.20. The zero-order valence-corrected chi connectivity index (χ0v) is 18.5. The van der Waals surface area contributed by atoms with E-state index in [9.17, 15) is 9.59 Å². The highest BCUT2D eigenvalue weighted by Gasteiger charge is 2.32. The molecule has 1 atom stereocenters. The predicted molar refractivity (Wildman–Crippen MR) is 119 cm³/mol. The summed E-state index contributed by atoms with van der Waals surface area (Å²) < 4.78 is 33.9. The fraction of sp³-hybridized carbons (Fsp3) is 0.280. The van der Waals surface area contributed by atoms with Gasteiger partial charge in [0.05, 0.1) is 25.2 Å². The van der Waals surface area contributed by atoms with Gasteiger partial charge < -0.3 is 28.1 Å². The van der Waals surface area contributed by atoms with Crippen molar-refractivity contribution in [1.29, 1.82) is 0 Å². The maximum Gasteiger partial charge on any atom is 0.302 e. The summed E-state index contributed by atoms with van der Waals surface area (Å²) in [4.78, 5) is 24.7. The van der Waals surface area contributed by atoms with Gasteiger partial charge in [-0.1, -0.05) is 6.58 Å². The number of methoxy groups -OCH3 is 2. The number of ether oxygens (including phenoxy) is 5. The SMILES string of the molecule is C=C(COC(C)=O)[C@H]1Cc2c(ccc3c(=O)c4c(oc23)COc2cc(OC)c(OC)cc2-4)O1. The average Bonchev–Trinajstić information content (AvgIpc) is 3.26. The van der Waals surface area contributed by atoms with E-state index in [2.05, 4.69) is 6.58 Å². The lowest BCUT2D eigenvalue weighted by molar-refractivity contribution is -0.140. The third-order valence-electron chi connectivity index (χ3n) is 5.88. The summed E-state index contributed by atoms with van der Waals surface area (Å²) in [6.07, 6.45) is 0.0803. The van der Waals surface area contributed by atoms with E-state index in [0.29, 0.717) is 62.8 Å². The van der Waals surface area contributed by atoms with E-state index in [1.165, 1.54) is 14.0 Å². The first-order valence-corrected chi connectivity index (χ1v) is 10.4. The van der Waals surface area contributed by atoms with Gasteiger partial charge in [0.1, 0.15) is 36.4 Å². The zero-order chi connectivity index (χ0) is 23.3. The van der Waals surface area contributed by atoms with Gasteiger partial charge in [-0.2, -0.15) is 0 Å². The molecule has 0 amide bonds. The van der Waals surface area contributed by atoms with Crippen molar-refractivity contribution in [3.63, 3.8) is 0 Å². The quantitative estimate of drug-likeness (QED) is 0.428. The Bertz CT molecular complexity index is 1370. The minimum Gasteiger partial charge on any atom is -0.493 e. The second-order valence-corrected chi connectivity index (χ2v) is 7.89. The Balaban J connectivity index is 1.59. The number of hydrogen-bond acceptors (Lipinski definition) is 8. The number of esters is 1. The van der Waals surface area contributed by atoms with Crippen LogP contribution in [0.1, 0.15) is 18.2 Å². The molecular weight excluding hydrogens is 428 g/mol. The molecule has 0 saturated carbocycles. The maximum atomic E-state index is 13.6. The molecule has 2 aliphatic heterocycles. The third kappa shape index (κ3) is 3.38. The molecular formula is C25H22O8. The lowest BCUT2D eigenvalue weighted by atomic mass is 9.97. The smallest absolute Gasteiger partial charge is 0.302 e. The molecule has 2 aliphatic rings. The van der Waals surface area contributed by atoms with E-state index in [0.717, 1.165) is 5.56 Å². The van der Waals surface area contributed by atoms with Gasteiger partial charge in [-0.3, -0.25) is 9.59 Å². The molecule has 0 bridgehead atoms. The summed E-state index contributed by atoms with van der Waals surface area (Å²) in [5.41, 5.74) is 2.75. The first-order valence-electron chi connectivity index (χ1n) is 10.4. The summed E-state index contributed by atoms with van der Waals surface area (Å²) in [6.45, 7) is 5.50. The van der Waals surface area contributed by atoms with Gasteiger partial charge in [-0.15, -0.1) is 0 Å². The van der Waals surface area contributed by atoms with Crippen LogP contribution in [0, 0.1) is 0 Å². The van der Waals surface area contributed by atoms with Gasteiger partial charge in [0.25, 0.3) is 0 Å². The van der Waals surface area contributed by atoms with Crippen molar-refractivity contribution >= 4 is 16.9 Å². The van der Waals surface area contributed by atoms with Crippen LogP contribution in [0.4, 0.5) is 0 Å². The molecule has 170 valence electrons. The molecule has 2 aromatic carbocycles. The molecule has 0 aliphatic carbocycles. The summed E-state index contributed by atoms with van der Waals surface area (Å²) in [6, 6.07) is 6.89. The highest BCUT2D eigenvalue weighted by Crippen LogP contribution is 2.45. The second-order valence-electron chi connectivity index (χ2n) is 7.89. The average molecular weight is 450 g/mol. The maximum absolute atomic E-state index is 13.6. The molecule has 1 aromatic heterocycles. The van der Waals surface area contributed by atoms with E-state index in [1.54, 1.807) is 31.4 Å². The van der Waals surface area contributed by atoms with Crippen molar-refractivity contribution in [3.8, 4) is 34.1 Å². The largest absolute Gasteiger partial charge is 0.493 e. The second kappa shape index (κ2) is 7.88. The van der Waals surface area contributed by atoms with Gasteiger partial charge in [0.15, 0.2) is 17.3 Å². The molecule has 5 rings (SSSR count). The normalized spacial score (nSPS) is 15.5. The van der Waals surface area contributed by atoms with Crippen LogP contribution < -0.4 is 24.4 Å². The molecule has 8 nitrogen and oxygen atoms in total. The summed E-state index contributed by atoms with van der Waals surface area (Å²) in [5, 5.41) is 0.449. The van der Waals surface area contributed by atoms with Crippen molar-refractivity contribution in [3.05, 3.63) is 58.0 Å². The summed E-state index contributed by atoms with van der Waals surface area (Å²) in [7, 11) is 3.08. The lowest BCUT2D eigenvalue weighted by Gasteiger charge is -2.21. The van der Waals surface area contributed by atoms with E-state index < -0.39 is 0 Å². The number of carbonyl (C=O) groups excluding carboxylic acids is 1. The predicted octanol–water partition coefficient (Wildman–Crippen LogP) is 3.79. The molecule has 8 heteroatoms. The molecule has 33 heavy (non-hydrogen) atoms. The first-order chi connectivity index (χ1) is 15.9. The minimum atomic E-state index is -0.385. The number of benzene rings is 2. The Hall–Kier alpha value is -3.94. The zero-order valence-electron chi connectivity index (χ0n) is 18.5. The van der Waals surface area contributed by atoms with Crippen molar-refractivity contribution in [2.45, 2.75) is 26.1 Å². The Labute approximate surface area is 189 Å². The van der Waals surface area contributed by atoms with Gasteiger partial charge in [0.2, 0.25) is 5.43 Å². The van der Waals surface area contributed by atoms with E-state index in [-0.39, 0.29) is 30.7 Å². The highest BCUT2D eigenvalue weighted by molar-refractivity contribution is 5.89. The number of rotatable bonds is 5. The van der Waals surface area contributed by atoms with E-state index >= 15 is 0 Å². The Morgan fingerprint density at radius 3 is 2.64 bits per heavy atom. The molecule has 3 aromatic rings. The highest BCUT2D eigenvalue weighted by atomic mass is 16.5. The fourth-order valence-corrected chi connectivity index (χ4v) is 4.23.